The van der Waals surface area contributed by atoms with Crippen molar-refractivity contribution in [1.29, 1.82) is 5.26 Å². The highest BCUT2D eigenvalue weighted by atomic mass is 15.0. The average molecular weight is 701 g/mol. The average Bonchev–Trinajstić information content (AvgIpc) is 3.60. The van der Waals surface area contributed by atoms with E-state index in [0.29, 0.717) is 11.4 Å². The van der Waals surface area contributed by atoms with Crippen LogP contribution in [0.15, 0.2) is 194 Å². The van der Waals surface area contributed by atoms with Gasteiger partial charge in [0, 0.05) is 33.2 Å². The largest absolute Gasteiger partial charge is 0.309 e. The van der Waals surface area contributed by atoms with E-state index in [1.54, 1.807) is 0 Å². The van der Waals surface area contributed by atoms with Gasteiger partial charge in [0.1, 0.15) is 0 Å². The van der Waals surface area contributed by atoms with Gasteiger partial charge in [-0.2, -0.15) is 5.26 Å². The third kappa shape index (κ3) is 5.91. The molecule has 0 unspecified atom stereocenters. The van der Waals surface area contributed by atoms with Gasteiger partial charge in [0.15, 0.2) is 5.82 Å². The molecule has 8 aromatic carbocycles. The van der Waals surface area contributed by atoms with Crippen LogP contribution in [0.3, 0.4) is 0 Å². The molecule has 10 rings (SSSR count). The molecule has 4 nitrogen and oxygen atoms in total. The van der Waals surface area contributed by atoms with Gasteiger partial charge in [-0.15, -0.1) is 0 Å². The molecule has 0 radical (unpaired) electrons. The molecule has 0 bridgehead atoms. The lowest BCUT2D eigenvalue weighted by Gasteiger charge is -2.15. The Balaban J connectivity index is 1.24. The minimum atomic E-state index is 0.607. The first-order valence-electron chi connectivity index (χ1n) is 18.4. The van der Waals surface area contributed by atoms with Gasteiger partial charge in [0.05, 0.1) is 34.1 Å². The number of fused-ring (bicyclic) bond motifs is 4. The lowest BCUT2D eigenvalue weighted by molar-refractivity contribution is 1.16. The van der Waals surface area contributed by atoms with Gasteiger partial charge in [-0.1, -0.05) is 140 Å². The minimum Gasteiger partial charge on any atom is -0.309 e. The van der Waals surface area contributed by atoms with Crippen LogP contribution in [0.25, 0.3) is 94.4 Å². The van der Waals surface area contributed by atoms with E-state index in [-0.39, 0.29) is 0 Å². The van der Waals surface area contributed by atoms with Crippen molar-refractivity contribution in [1.82, 2.24) is 14.5 Å². The zero-order valence-corrected chi connectivity index (χ0v) is 29.8. The fourth-order valence-corrected chi connectivity index (χ4v) is 7.69. The number of aromatic nitrogens is 3. The number of nitriles is 1. The van der Waals surface area contributed by atoms with Crippen molar-refractivity contribution in [3.8, 4) is 67.9 Å². The van der Waals surface area contributed by atoms with E-state index in [2.05, 4.69) is 150 Å². The van der Waals surface area contributed by atoms with Gasteiger partial charge in [-0.3, -0.25) is 0 Å². The maximum absolute atomic E-state index is 9.86. The van der Waals surface area contributed by atoms with E-state index < -0.39 is 0 Å². The van der Waals surface area contributed by atoms with E-state index >= 15 is 0 Å². The van der Waals surface area contributed by atoms with Gasteiger partial charge >= 0.3 is 0 Å². The summed E-state index contributed by atoms with van der Waals surface area (Å²) < 4.78 is 2.36. The summed E-state index contributed by atoms with van der Waals surface area (Å²) in [4.78, 5) is 10.4. The van der Waals surface area contributed by atoms with Crippen molar-refractivity contribution in [2.24, 2.45) is 0 Å². The van der Waals surface area contributed by atoms with Crippen molar-refractivity contribution in [2.75, 3.05) is 0 Å². The first-order valence-corrected chi connectivity index (χ1v) is 18.4. The second-order valence-corrected chi connectivity index (χ2v) is 13.8. The summed E-state index contributed by atoms with van der Waals surface area (Å²) in [5, 5.41) is 14.6. The Hall–Kier alpha value is -7.61. The van der Waals surface area contributed by atoms with Crippen LogP contribution in [-0.4, -0.2) is 14.5 Å². The monoisotopic (exact) mass is 700 g/mol. The van der Waals surface area contributed by atoms with Crippen LogP contribution >= 0.6 is 0 Å². The molecule has 4 heteroatoms. The molecular formula is C51H32N4. The lowest BCUT2D eigenvalue weighted by Crippen LogP contribution is -1.99. The fourth-order valence-electron chi connectivity index (χ4n) is 7.69. The zero-order chi connectivity index (χ0) is 36.7. The molecule has 2 aromatic heterocycles. The first kappa shape index (κ1) is 32.1. The molecule has 0 N–H and O–H groups in total. The van der Waals surface area contributed by atoms with Crippen molar-refractivity contribution in [3.63, 3.8) is 0 Å². The highest BCUT2D eigenvalue weighted by molar-refractivity contribution is 6.10. The van der Waals surface area contributed by atoms with Crippen LogP contribution in [-0.2, 0) is 0 Å². The number of benzene rings is 8. The SMILES string of the molecule is N#Cc1cccc(-c2cc(-c3nc(-c4ccccc4)cc(-c4ccccc4)n3)cc(-n3c4ccccc4c4ccc(-c5ccc6ccccc6c5)cc43)c2)c1. The normalized spacial score (nSPS) is 11.3. The summed E-state index contributed by atoms with van der Waals surface area (Å²) >= 11 is 0. The maximum atomic E-state index is 9.86. The summed E-state index contributed by atoms with van der Waals surface area (Å²) in [5.74, 6) is 0.623. The molecule has 0 saturated heterocycles. The molecule has 0 aliphatic heterocycles. The van der Waals surface area contributed by atoms with Crippen molar-refractivity contribution >= 4 is 32.6 Å². The van der Waals surface area contributed by atoms with Gasteiger partial charge in [0.2, 0.25) is 0 Å². The summed E-state index contributed by atoms with van der Waals surface area (Å²) in [5.41, 5.74) is 12.6. The van der Waals surface area contributed by atoms with Gasteiger partial charge in [-0.05, 0) is 87.6 Å². The maximum Gasteiger partial charge on any atom is 0.160 e. The predicted octanol–water partition coefficient (Wildman–Crippen LogP) is 12.9. The molecule has 55 heavy (non-hydrogen) atoms. The van der Waals surface area contributed by atoms with E-state index in [4.69, 9.17) is 9.97 Å². The Labute approximate surface area is 318 Å². The molecule has 10 aromatic rings. The molecule has 0 atom stereocenters. The van der Waals surface area contributed by atoms with Gasteiger partial charge in [0.25, 0.3) is 0 Å². The van der Waals surface area contributed by atoms with Crippen LogP contribution in [0.2, 0.25) is 0 Å². The quantitative estimate of drug-likeness (QED) is 0.173. The molecule has 0 amide bonds. The molecule has 2 heterocycles. The summed E-state index contributed by atoms with van der Waals surface area (Å²) in [7, 11) is 0. The molecule has 0 aliphatic rings. The third-order valence-corrected chi connectivity index (χ3v) is 10.4. The van der Waals surface area contributed by atoms with Crippen LogP contribution in [0.5, 0.6) is 0 Å². The fraction of sp³-hybridized carbons (Fsp3) is 0. The molecule has 0 fully saturated rings. The third-order valence-electron chi connectivity index (χ3n) is 10.4. The van der Waals surface area contributed by atoms with Crippen LogP contribution in [0.4, 0.5) is 0 Å². The summed E-state index contributed by atoms with van der Waals surface area (Å²) in [6.45, 7) is 0. The highest BCUT2D eigenvalue weighted by Gasteiger charge is 2.18. The summed E-state index contributed by atoms with van der Waals surface area (Å²) in [6, 6.07) is 69.8. The minimum absolute atomic E-state index is 0.607. The molecule has 0 aliphatic carbocycles. The molecule has 256 valence electrons. The van der Waals surface area contributed by atoms with Crippen molar-refractivity contribution in [3.05, 3.63) is 200 Å². The lowest BCUT2D eigenvalue weighted by atomic mass is 9.99. The Morgan fingerprint density at radius 1 is 0.382 bits per heavy atom. The number of para-hydroxylation sites is 1. The van der Waals surface area contributed by atoms with Crippen LogP contribution < -0.4 is 0 Å². The Morgan fingerprint density at radius 3 is 1.75 bits per heavy atom. The molecular weight excluding hydrogens is 669 g/mol. The summed E-state index contributed by atoms with van der Waals surface area (Å²) in [6.07, 6.45) is 0. The standard InChI is InChI=1S/C51H32N4/c52-33-34-12-11-19-38(26-34)42-28-43(51-53-47(36-14-3-1-4-15-36)32-48(54-51)37-16-5-2-6-17-37)30-44(29-42)55-49-21-10-9-20-45(49)46-25-24-41(31-50(46)55)40-23-22-35-13-7-8-18-39(35)27-40/h1-32H. The number of hydrogen-bond acceptors (Lipinski definition) is 3. The number of rotatable bonds is 6. The number of hydrogen-bond donors (Lipinski definition) is 0. The van der Waals surface area contributed by atoms with Crippen LogP contribution in [0.1, 0.15) is 5.56 Å². The van der Waals surface area contributed by atoms with Gasteiger partial charge in [-0.25, -0.2) is 9.97 Å². The molecule has 0 saturated carbocycles. The van der Waals surface area contributed by atoms with Crippen molar-refractivity contribution < 1.29 is 0 Å². The topological polar surface area (TPSA) is 54.5 Å². The first-order chi connectivity index (χ1) is 27.2. The van der Waals surface area contributed by atoms with E-state index in [9.17, 15) is 5.26 Å². The van der Waals surface area contributed by atoms with Gasteiger partial charge < -0.3 is 4.57 Å². The second kappa shape index (κ2) is 13.4. The van der Waals surface area contributed by atoms with Crippen LogP contribution in [0, 0.1) is 11.3 Å². The predicted molar refractivity (Wildman–Crippen MR) is 226 cm³/mol. The Kier molecular flexibility index (Phi) is 7.83. The smallest absolute Gasteiger partial charge is 0.160 e. The number of nitrogens with zero attached hydrogens (tertiary/aromatic N) is 4. The van der Waals surface area contributed by atoms with Crippen molar-refractivity contribution in [2.45, 2.75) is 0 Å². The van der Waals surface area contributed by atoms with E-state index in [1.807, 2.05) is 54.6 Å². The van der Waals surface area contributed by atoms with E-state index in [1.165, 1.54) is 27.1 Å². The zero-order valence-electron chi connectivity index (χ0n) is 29.8. The van der Waals surface area contributed by atoms with E-state index in [0.717, 1.165) is 61.5 Å². The molecule has 0 spiro atoms. The Bertz CT molecular complexity index is 3040. The Morgan fingerprint density at radius 2 is 0.982 bits per heavy atom. The highest BCUT2D eigenvalue weighted by Crippen LogP contribution is 2.38. The second-order valence-electron chi connectivity index (χ2n) is 13.8.